The van der Waals surface area contributed by atoms with Crippen LogP contribution in [-0.4, -0.2) is 43.8 Å². The first-order valence-corrected chi connectivity index (χ1v) is 9.02. The van der Waals surface area contributed by atoms with Crippen molar-refractivity contribution in [1.82, 2.24) is 30.0 Å². The van der Waals surface area contributed by atoms with E-state index in [9.17, 15) is 14.0 Å². The Balaban J connectivity index is 1.75. The van der Waals surface area contributed by atoms with Crippen LogP contribution in [0.3, 0.4) is 0 Å². The Labute approximate surface area is 172 Å². The summed E-state index contributed by atoms with van der Waals surface area (Å²) in [6.07, 6.45) is 4.44. The molecule has 0 bridgehead atoms. The number of urea groups is 1. The quantitative estimate of drug-likeness (QED) is 0.557. The third-order valence-electron chi connectivity index (χ3n) is 3.76. The normalized spacial score (nSPS) is 11.6. The number of nitrogens with zero attached hydrogens (tertiary/aromatic N) is 5. The van der Waals surface area contributed by atoms with Gasteiger partial charge < -0.3 is 15.4 Å². The van der Waals surface area contributed by atoms with E-state index in [-0.39, 0.29) is 15.7 Å². The molecular formula is C17H15BrFN7O3. The lowest BCUT2D eigenvalue weighted by Gasteiger charge is -2.15. The highest BCUT2D eigenvalue weighted by Gasteiger charge is 2.20. The number of halogens is 2. The van der Waals surface area contributed by atoms with E-state index >= 15 is 0 Å². The first kappa shape index (κ1) is 20.3. The van der Waals surface area contributed by atoms with E-state index in [0.717, 1.165) is 13.2 Å². The molecule has 10 nitrogen and oxygen atoms in total. The maximum atomic E-state index is 13.9. The topological polar surface area (TPSA) is 124 Å². The van der Waals surface area contributed by atoms with Crippen molar-refractivity contribution in [3.05, 3.63) is 58.6 Å². The molecule has 2 aromatic heterocycles. The minimum Gasteiger partial charge on any atom is -0.465 e. The summed E-state index contributed by atoms with van der Waals surface area (Å²) < 4.78 is 20.1. The largest absolute Gasteiger partial charge is 0.465 e. The number of carbonyl (C=O) groups excluding carboxylic acids is 2. The second kappa shape index (κ2) is 8.73. The van der Waals surface area contributed by atoms with E-state index in [2.05, 4.69) is 51.4 Å². The SMILES string of the molecule is COC(=O)c1cc(NC(=O)N[C@@H](C)c2ncnn2-c2ncccn2)c(Br)cc1F. The van der Waals surface area contributed by atoms with Crippen LogP contribution in [0.4, 0.5) is 14.9 Å². The molecule has 1 atom stereocenters. The minimum absolute atomic E-state index is 0.185. The average molecular weight is 464 g/mol. The molecule has 3 aromatic rings. The second-order valence-corrected chi connectivity index (χ2v) is 6.56. The van der Waals surface area contributed by atoms with E-state index in [4.69, 9.17) is 0 Å². The third kappa shape index (κ3) is 4.54. The van der Waals surface area contributed by atoms with Crippen LogP contribution in [0.15, 0.2) is 41.4 Å². The van der Waals surface area contributed by atoms with E-state index in [1.165, 1.54) is 17.1 Å². The lowest BCUT2D eigenvalue weighted by Crippen LogP contribution is -2.33. The Morgan fingerprint density at radius 2 is 1.97 bits per heavy atom. The number of benzene rings is 1. The number of hydrogen-bond donors (Lipinski definition) is 2. The van der Waals surface area contributed by atoms with Gasteiger partial charge in [0.25, 0.3) is 5.95 Å². The first-order chi connectivity index (χ1) is 13.9. The molecule has 2 heterocycles. The fourth-order valence-corrected chi connectivity index (χ4v) is 2.85. The zero-order valence-corrected chi connectivity index (χ0v) is 16.8. The number of rotatable bonds is 5. The van der Waals surface area contributed by atoms with Crippen LogP contribution in [0, 0.1) is 5.82 Å². The van der Waals surface area contributed by atoms with Gasteiger partial charge in [-0.05, 0) is 41.1 Å². The maximum absolute atomic E-state index is 13.9. The van der Waals surface area contributed by atoms with Gasteiger partial charge in [-0.15, -0.1) is 0 Å². The number of anilines is 1. The van der Waals surface area contributed by atoms with Crippen LogP contribution in [0.1, 0.15) is 29.1 Å². The smallest absolute Gasteiger partial charge is 0.340 e. The first-order valence-electron chi connectivity index (χ1n) is 8.23. The third-order valence-corrected chi connectivity index (χ3v) is 4.42. The van der Waals surface area contributed by atoms with Crippen LogP contribution in [0.5, 0.6) is 0 Å². The van der Waals surface area contributed by atoms with Crippen LogP contribution < -0.4 is 10.6 Å². The number of methoxy groups -OCH3 is 1. The van der Waals surface area contributed by atoms with Gasteiger partial charge in [0.05, 0.1) is 24.4 Å². The molecule has 29 heavy (non-hydrogen) atoms. The van der Waals surface area contributed by atoms with Gasteiger partial charge in [-0.1, -0.05) is 0 Å². The summed E-state index contributed by atoms with van der Waals surface area (Å²) in [7, 11) is 1.14. The molecule has 0 fully saturated rings. The molecule has 0 spiro atoms. The molecule has 0 unspecified atom stereocenters. The van der Waals surface area contributed by atoms with E-state index in [0.29, 0.717) is 11.8 Å². The molecule has 0 aliphatic rings. The van der Waals surface area contributed by atoms with Gasteiger partial charge in [0, 0.05) is 16.9 Å². The van der Waals surface area contributed by atoms with E-state index in [1.54, 1.807) is 25.4 Å². The highest BCUT2D eigenvalue weighted by atomic mass is 79.9. The molecule has 0 saturated carbocycles. The highest BCUT2D eigenvalue weighted by molar-refractivity contribution is 9.10. The summed E-state index contributed by atoms with van der Waals surface area (Å²) in [5.74, 6) is -0.931. The van der Waals surface area contributed by atoms with Gasteiger partial charge in [-0.2, -0.15) is 9.78 Å². The zero-order valence-electron chi connectivity index (χ0n) is 15.3. The number of amides is 2. The maximum Gasteiger partial charge on any atom is 0.340 e. The average Bonchev–Trinajstić information content (AvgIpc) is 3.20. The van der Waals surface area contributed by atoms with E-state index in [1.807, 2.05) is 0 Å². The minimum atomic E-state index is -0.859. The zero-order chi connectivity index (χ0) is 21.0. The van der Waals surface area contributed by atoms with Crippen LogP contribution in [-0.2, 0) is 4.74 Å². The summed E-state index contributed by atoms with van der Waals surface area (Å²) >= 11 is 3.15. The Morgan fingerprint density at radius 3 is 2.66 bits per heavy atom. The number of nitrogens with one attached hydrogen (secondary N) is 2. The molecule has 12 heteroatoms. The molecule has 3 rings (SSSR count). The Hall–Kier alpha value is -3.41. The molecule has 1 aromatic carbocycles. The second-order valence-electron chi connectivity index (χ2n) is 5.70. The van der Waals surface area contributed by atoms with Crippen LogP contribution in [0.2, 0.25) is 0 Å². The summed E-state index contributed by atoms with van der Waals surface area (Å²) in [5.41, 5.74) is -0.121. The van der Waals surface area contributed by atoms with Crippen molar-refractivity contribution in [2.45, 2.75) is 13.0 Å². The number of hydrogen-bond acceptors (Lipinski definition) is 7. The van der Waals surface area contributed by atoms with Crippen molar-refractivity contribution in [3.63, 3.8) is 0 Å². The van der Waals surface area contributed by atoms with Crippen molar-refractivity contribution in [2.75, 3.05) is 12.4 Å². The van der Waals surface area contributed by atoms with Crippen LogP contribution >= 0.6 is 15.9 Å². The molecule has 150 valence electrons. The fraction of sp³-hybridized carbons (Fsp3) is 0.176. The monoisotopic (exact) mass is 463 g/mol. The van der Waals surface area contributed by atoms with Gasteiger partial charge in [0.1, 0.15) is 12.1 Å². The number of aromatic nitrogens is 5. The van der Waals surface area contributed by atoms with Crippen LogP contribution in [0.25, 0.3) is 5.95 Å². The van der Waals surface area contributed by atoms with Gasteiger partial charge in [-0.25, -0.2) is 28.9 Å². The van der Waals surface area contributed by atoms with Gasteiger partial charge in [-0.3, -0.25) is 0 Å². The van der Waals surface area contributed by atoms with Gasteiger partial charge in [0.2, 0.25) is 0 Å². The van der Waals surface area contributed by atoms with Crippen molar-refractivity contribution in [1.29, 1.82) is 0 Å². The molecule has 0 aliphatic carbocycles. The molecule has 0 saturated heterocycles. The molecule has 2 amide bonds. The van der Waals surface area contributed by atoms with E-state index < -0.39 is 23.9 Å². The Morgan fingerprint density at radius 1 is 1.24 bits per heavy atom. The predicted octanol–water partition coefficient (Wildman–Crippen LogP) is 2.63. The Kier molecular flexibility index (Phi) is 6.12. The molecular weight excluding hydrogens is 449 g/mol. The van der Waals surface area contributed by atoms with Gasteiger partial charge >= 0.3 is 12.0 Å². The standard InChI is InChI=1S/C17H15BrFN7O3/c1-9(14-22-8-23-26(14)16-20-4-3-5-21-16)24-17(28)25-13-6-10(15(27)29-2)12(19)7-11(13)18/h3-9H,1-2H3,(H2,24,25,28)/t9-/m0/s1. The Bertz CT molecular complexity index is 1040. The molecule has 2 N–H and O–H groups in total. The lowest BCUT2D eigenvalue weighted by atomic mass is 10.2. The summed E-state index contributed by atoms with van der Waals surface area (Å²) in [6.45, 7) is 1.70. The van der Waals surface area contributed by atoms with Crippen molar-refractivity contribution >= 4 is 33.6 Å². The predicted molar refractivity (Wildman–Crippen MR) is 103 cm³/mol. The van der Waals surface area contributed by atoms with Crippen molar-refractivity contribution in [2.24, 2.45) is 0 Å². The van der Waals surface area contributed by atoms with Gasteiger partial charge in [0.15, 0.2) is 5.82 Å². The van der Waals surface area contributed by atoms with Crippen molar-refractivity contribution in [3.8, 4) is 5.95 Å². The fourth-order valence-electron chi connectivity index (χ4n) is 2.43. The highest BCUT2D eigenvalue weighted by Crippen LogP contribution is 2.26. The number of esters is 1. The molecule has 0 aliphatic heterocycles. The number of ether oxygens (including phenoxy) is 1. The number of carbonyl (C=O) groups is 2. The lowest BCUT2D eigenvalue weighted by molar-refractivity contribution is 0.0595. The summed E-state index contributed by atoms with van der Waals surface area (Å²) in [4.78, 5) is 36.4. The molecule has 0 radical (unpaired) electrons. The van der Waals surface area contributed by atoms with Crippen molar-refractivity contribution < 1.29 is 18.7 Å². The summed E-state index contributed by atoms with van der Waals surface area (Å²) in [5, 5.41) is 9.31. The summed E-state index contributed by atoms with van der Waals surface area (Å²) in [6, 6.07) is 2.73.